The first-order valence-electron chi connectivity index (χ1n) is 7.17. The van der Waals surface area contributed by atoms with Gasteiger partial charge in [0.2, 0.25) is 0 Å². The van der Waals surface area contributed by atoms with Gasteiger partial charge in [-0.3, -0.25) is 4.79 Å². The lowest BCUT2D eigenvalue weighted by Gasteiger charge is -2.24. The van der Waals surface area contributed by atoms with Crippen molar-refractivity contribution >= 4 is 5.97 Å². The van der Waals surface area contributed by atoms with E-state index in [1.165, 1.54) is 12.8 Å². The minimum Gasteiger partial charge on any atom is -0.493 e. The Morgan fingerprint density at radius 2 is 2.05 bits per heavy atom. The predicted octanol–water partition coefficient (Wildman–Crippen LogP) is 3.37. The van der Waals surface area contributed by atoms with Gasteiger partial charge >= 0.3 is 5.97 Å². The molecule has 2 saturated carbocycles. The first kappa shape index (κ1) is 12.5. The van der Waals surface area contributed by atoms with Crippen LogP contribution in [0.5, 0.6) is 5.75 Å². The lowest BCUT2D eigenvalue weighted by atomic mass is 9.79. The normalized spacial score (nSPS) is 21.3. The van der Waals surface area contributed by atoms with Gasteiger partial charge < -0.3 is 9.84 Å². The summed E-state index contributed by atoms with van der Waals surface area (Å²) in [7, 11) is 0. The third-order valence-corrected chi connectivity index (χ3v) is 4.44. The fourth-order valence-electron chi connectivity index (χ4n) is 2.99. The fraction of sp³-hybridized carbons (Fsp3) is 0.562. The third-order valence-electron chi connectivity index (χ3n) is 4.44. The Hall–Kier alpha value is -1.51. The highest BCUT2D eigenvalue weighted by Gasteiger charge is 2.43. The molecule has 0 bridgehead atoms. The van der Waals surface area contributed by atoms with Crippen molar-refractivity contribution in [3.8, 4) is 5.75 Å². The Kier molecular flexibility index (Phi) is 3.21. The van der Waals surface area contributed by atoms with Gasteiger partial charge in [-0.2, -0.15) is 0 Å². The molecular formula is C16H20O3. The average Bonchev–Trinajstić information content (AvgIpc) is 3.10. The van der Waals surface area contributed by atoms with E-state index < -0.39 is 11.4 Å². The van der Waals surface area contributed by atoms with E-state index in [9.17, 15) is 9.90 Å². The summed E-state index contributed by atoms with van der Waals surface area (Å²) in [5.41, 5.74) is 0.227. The highest BCUT2D eigenvalue weighted by Crippen LogP contribution is 2.42. The molecule has 3 nitrogen and oxygen atoms in total. The van der Waals surface area contributed by atoms with Gasteiger partial charge in [0.05, 0.1) is 12.0 Å². The van der Waals surface area contributed by atoms with Crippen LogP contribution in [0.3, 0.4) is 0 Å². The Morgan fingerprint density at radius 1 is 1.32 bits per heavy atom. The smallest absolute Gasteiger partial charge is 0.314 e. The Bertz CT molecular complexity index is 471. The summed E-state index contributed by atoms with van der Waals surface area (Å²) in [4.78, 5) is 11.7. The zero-order chi connectivity index (χ0) is 13.3. The van der Waals surface area contributed by atoms with Gasteiger partial charge in [0.15, 0.2) is 0 Å². The van der Waals surface area contributed by atoms with Gasteiger partial charge in [-0.05, 0) is 49.3 Å². The summed E-state index contributed by atoms with van der Waals surface area (Å²) in [6, 6.07) is 7.71. The highest BCUT2D eigenvalue weighted by molar-refractivity contribution is 5.82. The Morgan fingerprint density at radius 3 is 2.68 bits per heavy atom. The molecule has 0 radical (unpaired) electrons. The van der Waals surface area contributed by atoms with Crippen molar-refractivity contribution in [2.75, 3.05) is 6.61 Å². The molecule has 1 N–H and O–H groups in total. The Labute approximate surface area is 113 Å². The molecule has 0 unspecified atom stereocenters. The number of aliphatic carboxylic acids is 1. The van der Waals surface area contributed by atoms with Crippen LogP contribution in [0.25, 0.3) is 0 Å². The van der Waals surface area contributed by atoms with Gasteiger partial charge in [-0.1, -0.05) is 25.0 Å². The third kappa shape index (κ3) is 2.46. The zero-order valence-corrected chi connectivity index (χ0v) is 11.1. The molecule has 2 fully saturated rings. The van der Waals surface area contributed by atoms with Crippen LogP contribution >= 0.6 is 0 Å². The van der Waals surface area contributed by atoms with Crippen LogP contribution in [0.2, 0.25) is 0 Å². The number of benzene rings is 1. The van der Waals surface area contributed by atoms with Crippen LogP contribution in [-0.2, 0) is 10.2 Å². The monoisotopic (exact) mass is 260 g/mol. The SMILES string of the molecule is O=C(O)C1(c2cccc(OCC3CC3)c2)CCCC1. The van der Waals surface area contributed by atoms with E-state index in [1.54, 1.807) is 0 Å². The van der Waals surface area contributed by atoms with E-state index in [-0.39, 0.29) is 0 Å². The zero-order valence-electron chi connectivity index (χ0n) is 11.1. The molecule has 2 aliphatic rings. The summed E-state index contributed by atoms with van der Waals surface area (Å²) < 4.78 is 5.76. The number of hydrogen-bond acceptors (Lipinski definition) is 2. The van der Waals surface area contributed by atoms with Crippen LogP contribution < -0.4 is 4.74 Å². The number of rotatable bonds is 5. The van der Waals surface area contributed by atoms with Crippen LogP contribution in [0.15, 0.2) is 24.3 Å². The Balaban J connectivity index is 1.82. The molecule has 1 aromatic rings. The molecular weight excluding hydrogens is 240 g/mol. The maximum Gasteiger partial charge on any atom is 0.314 e. The van der Waals surface area contributed by atoms with Gasteiger partial charge in [0.25, 0.3) is 0 Å². The first-order chi connectivity index (χ1) is 9.21. The molecule has 2 aliphatic carbocycles. The second-order valence-electron chi connectivity index (χ2n) is 5.88. The number of carbonyl (C=O) groups is 1. The standard InChI is InChI=1S/C16H20O3/c17-15(18)16(8-1-2-9-16)13-4-3-5-14(10-13)19-11-12-6-7-12/h3-5,10,12H,1-2,6-9,11H2,(H,17,18). The van der Waals surface area contributed by atoms with Crippen LogP contribution in [0.4, 0.5) is 0 Å². The first-order valence-corrected chi connectivity index (χ1v) is 7.17. The molecule has 0 heterocycles. The van der Waals surface area contributed by atoms with E-state index in [2.05, 4.69) is 0 Å². The lowest BCUT2D eigenvalue weighted by molar-refractivity contribution is -0.143. The fourth-order valence-corrected chi connectivity index (χ4v) is 2.99. The molecule has 0 aromatic heterocycles. The van der Waals surface area contributed by atoms with Crippen LogP contribution in [-0.4, -0.2) is 17.7 Å². The number of hydrogen-bond donors (Lipinski definition) is 1. The van der Waals surface area contributed by atoms with Crippen molar-refractivity contribution in [2.45, 2.75) is 43.9 Å². The quantitative estimate of drug-likeness (QED) is 0.883. The van der Waals surface area contributed by atoms with E-state index in [0.717, 1.165) is 43.6 Å². The minimum atomic E-state index is -0.690. The summed E-state index contributed by atoms with van der Waals surface area (Å²) in [5.74, 6) is 0.838. The summed E-state index contributed by atoms with van der Waals surface area (Å²) in [6.45, 7) is 0.767. The van der Waals surface area contributed by atoms with E-state index in [1.807, 2.05) is 24.3 Å². The molecule has 3 rings (SSSR count). The van der Waals surface area contributed by atoms with Crippen molar-refractivity contribution in [1.29, 1.82) is 0 Å². The number of carboxylic acid groups (broad SMARTS) is 1. The lowest BCUT2D eigenvalue weighted by Crippen LogP contribution is -2.32. The summed E-state index contributed by atoms with van der Waals surface area (Å²) in [5, 5.41) is 9.60. The van der Waals surface area contributed by atoms with Gasteiger partial charge in [0.1, 0.15) is 5.75 Å². The summed E-state index contributed by atoms with van der Waals surface area (Å²) >= 11 is 0. The van der Waals surface area contributed by atoms with E-state index >= 15 is 0 Å². The maximum atomic E-state index is 11.7. The molecule has 3 heteroatoms. The molecule has 0 aliphatic heterocycles. The van der Waals surface area contributed by atoms with Gasteiger partial charge in [-0.25, -0.2) is 0 Å². The van der Waals surface area contributed by atoms with Crippen molar-refractivity contribution in [3.05, 3.63) is 29.8 Å². The van der Waals surface area contributed by atoms with E-state index in [0.29, 0.717) is 5.92 Å². The van der Waals surface area contributed by atoms with Gasteiger partial charge in [-0.15, -0.1) is 0 Å². The summed E-state index contributed by atoms with van der Waals surface area (Å²) in [6.07, 6.45) is 6.01. The highest BCUT2D eigenvalue weighted by atomic mass is 16.5. The molecule has 102 valence electrons. The maximum absolute atomic E-state index is 11.7. The topological polar surface area (TPSA) is 46.5 Å². The second-order valence-corrected chi connectivity index (χ2v) is 5.88. The van der Waals surface area contributed by atoms with Gasteiger partial charge in [0, 0.05) is 0 Å². The minimum absolute atomic E-state index is 0.682. The van der Waals surface area contributed by atoms with Crippen LogP contribution in [0.1, 0.15) is 44.1 Å². The molecule has 19 heavy (non-hydrogen) atoms. The van der Waals surface area contributed by atoms with Crippen LogP contribution in [0, 0.1) is 5.92 Å². The molecule has 0 amide bonds. The molecule has 0 atom stereocenters. The predicted molar refractivity (Wildman–Crippen MR) is 72.4 cm³/mol. The molecule has 0 spiro atoms. The van der Waals surface area contributed by atoms with E-state index in [4.69, 9.17) is 4.74 Å². The largest absolute Gasteiger partial charge is 0.493 e. The molecule has 1 aromatic carbocycles. The van der Waals surface area contributed by atoms with Crippen molar-refractivity contribution < 1.29 is 14.6 Å². The van der Waals surface area contributed by atoms with Crippen molar-refractivity contribution in [3.63, 3.8) is 0 Å². The number of ether oxygens (including phenoxy) is 1. The average molecular weight is 260 g/mol. The second kappa shape index (κ2) is 4.87. The number of carboxylic acids is 1. The van der Waals surface area contributed by atoms with Crippen molar-refractivity contribution in [1.82, 2.24) is 0 Å². The van der Waals surface area contributed by atoms with Crippen molar-refractivity contribution in [2.24, 2.45) is 5.92 Å². The molecule has 0 saturated heterocycles.